The fourth-order valence-corrected chi connectivity index (χ4v) is 1.03. The number of allylic oxidation sites excluding steroid dienone is 1. The summed E-state index contributed by atoms with van der Waals surface area (Å²) in [6.07, 6.45) is 0.650. The van der Waals surface area contributed by atoms with E-state index in [9.17, 15) is 9.59 Å². The van der Waals surface area contributed by atoms with Crippen molar-refractivity contribution in [3.05, 3.63) is 12.0 Å². The van der Waals surface area contributed by atoms with Gasteiger partial charge in [-0.05, 0) is 20.8 Å². The van der Waals surface area contributed by atoms with E-state index in [-0.39, 0.29) is 24.6 Å². The van der Waals surface area contributed by atoms with Crippen LogP contribution in [0.3, 0.4) is 0 Å². The van der Waals surface area contributed by atoms with Crippen molar-refractivity contribution in [3.8, 4) is 0 Å². The summed E-state index contributed by atoms with van der Waals surface area (Å²) in [6, 6.07) is 0. The molecule has 0 aliphatic carbocycles. The Morgan fingerprint density at radius 3 is 1.28 bits per heavy atom. The quantitative estimate of drug-likeness (QED) is 0.178. The molecular weight excluding hydrogens is 428 g/mol. The van der Waals surface area contributed by atoms with Crippen molar-refractivity contribution in [3.63, 3.8) is 0 Å². The van der Waals surface area contributed by atoms with Crippen LogP contribution in [0.1, 0.15) is 54.9 Å². The van der Waals surface area contributed by atoms with Crippen molar-refractivity contribution in [2.24, 2.45) is 0 Å². The Morgan fingerprint density at radius 1 is 0.793 bits per heavy atom. The molecule has 0 atom stereocenters. The van der Waals surface area contributed by atoms with E-state index in [1.165, 1.54) is 26.9 Å². The van der Waals surface area contributed by atoms with Crippen molar-refractivity contribution < 1.29 is 72.9 Å². The van der Waals surface area contributed by atoms with Crippen LogP contribution >= 0.6 is 0 Å². The number of aliphatic carboxylic acids is 3. The number of hydrogen-bond acceptors (Lipinski definition) is 11. The molecule has 0 aromatic rings. The molecular formula is C17H26O11Ti. The third-order valence-electron chi connectivity index (χ3n) is 1.41. The number of hydrogen-bond donors (Lipinski definition) is 0. The van der Waals surface area contributed by atoms with Crippen LogP contribution in [0.4, 0.5) is 0 Å². The van der Waals surface area contributed by atoms with Gasteiger partial charge in [-0.3, -0.25) is 0 Å². The third kappa shape index (κ3) is 58.6. The van der Waals surface area contributed by atoms with Crippen LogP contribution in [0.5, 0.6) is 0 Å². The molecule has 0 amide bonds. The van der Waals surface area contributed by atoms with Crippen LogP contribution in [-0.2, 0) is 57.6 Å². The third-order valence-corrected chi connectivity index (χ3v) is 1.77. The molecule has 0 saturated carbocycles. The first-order chi connectivity index (χ1) is 13.0. The summed E-state index contributed by atoms with van der Waals surface area (Å²) >= 11 is 1.23. The summed E-state index contributed by atoms with van der Waals surface area (Å²) in [6.45, 7) is 10.2. The second-order valence-electron chi connectivity index (χ2n) is 5.39. The van der Waals surface area contributed by atoms with Gasteiger partial charge in [-0.2, -0.15) is 0 Å². The summed E-state index contributed by atoms with van der Waals surface area (Å²) in [5.74, 6) is -4.11. The molecule has 0 saturated heterocycles. The Labute approximate surface area is 181 Å². The second kappa shape index (κ2) is 21.9. The van der Waals surface area contributed by atoms with Gasteiger partial charge >= 0.3 is 113 Å². The zero-order valence-corrected chi connectivity index (χ0v) is 19.0. The van der Waals surface area contributed by atoms with Crippen molar-refractivity contribution in [1.82, 2.24) is 0 Å². The van der Waals surface area contributed by atoms with E-state index in [4.69, 9.17) is 39.2 Å². The Kier molecular flexibility index (Phi) is 25.8. The minimum absolute atomic E-state index is 0.106. The van der Waals surface area contributed by atoms with Crippen LogP contribution < -0.4 is 15.3 Å². The molecule has 0 aromatic carbocycles. The Bertz CT molecular complexity index is 487. The van der Waals surface area contributed by atoms with Crippen LogP contribution in [-0.4, -0.2) is 41.9 Å². The maximum atomic E-state index is 11.4. The predicted molar refractivity (Wildman–Crippen MR) is 88.3 cm³/mol. The van der Waals surface area contributed by atoms with Crippen LogP contribution in [0.25, 0.3) is 0 Å². The van der Waals surface area contributed by atoms with Gasteiger partial charge in [-0.1, -0.05) is 0 Å². The summed E-state index contributed by atoms with van der Waals surface area (Å²) < 4.78 is 15.0. The van der Waals surface area contributed by atoms with Gasteiger partial charge in [-0.25, -0.2) is 0 Å². The van der Waals surface area contributed by atoms with Gasteiger partial charge in [0.05, 0.1) is 0 Å². The van der Waals surface area contributed by atoms with Gasteiger partial charge in [0, 0.05) is 17.9 Å². The first-order valence-corrected chi connectivity index (χ1v) is 8.65. The van der Waals surface area contributed by atoms with E-state index >= 15 is 0 Å². The van der Waals surface area contributed by atoms with Crippen LogP contribution in [0, 0.1) is 0 Å². The predicted octanol–water partition coefficient (Wildman–Crippen LogP) is -2.09. The summed E-state index contributed by atoms with van der Waals surface area (Å²) in [5, 5.41) is 26.7. The topological polar surface area (TPSA) is 182 Å². The van der Waals surface area contributed by atoms with Crippen molar-refractivity contribution in [2.45, 2.75) is 67.1 Å². The molecule has 0 bridgehead atoms. The molecule has 0 aromatic heterocycles. The van der Waals surface area contributed by atoms with Gasteiger partial charge < -0.3 is 29.7 Å². The number of ketones is 1. The fourth-order valence-electron chi connectivity index (χ4n) is 0.921. The summed E-state index contributed by atoms with van der Waals surface area (Å²) in [4.78, 5) is 49.0. The van der Waals surface area contributed by atoms with Gasteiger partial charge in [0.2, 0.25) is 0 Å². The van der Waals surface area contributed by atoms with E-state index in [0.29, 0.717) is 0 Å². The van der Waals surface area contributed by atoms with Crippen molar-refractivity contribution in [1.29, 1.82) is 0 Å². The standard InChI is InChI=1S/C11H18O5.3C2H4O2.Ti/c1-7(2)15-11(16-8(3)4)6-9(12)5-10(13)14;3*1-2(3)4;/h6-8H,5H2,1-4H3,(H,13,14);3*1H3,(H,3,4);/q;;;;+4/p-4. The van der Waals surface area contributed by atoms with Crippen LogP contribution in [0.2, 0.25) is 0 Å². The number of carbonyl (C=O) groups is 5. The SMILES string of the molecule is CC(=O)[O-].CC(=O)[O-].CC(=O)[O-].CC(C)OC(=CC(=O)CC(=O)[O][Ti+3])OC(C)C. The molecule has 164 valence electrons. The molecule has 29 heavy (non-hydrogen) atoms. The maximum absolute atomic E-state index is 11.4. The van der Waals surface area contributed by atoms with Gasteiger partial charge in [0.1, 0.15) is 0 Å². The first-order valence-electron chi connectivity index (χ1n) is 8.01. The Balaban J connectivity index is -0.000000212. The molecule has 0 N–H and O–H groups in total. The number of carboxylic acid groups (broad SMARTS) is 3. The van der Waals surface area contributed by atoms with Crippen molar-refractivity contribution >= 4 is 29.7 Å². The molecule has 0 rings (SSSR count). The van der Waals surface area contributed by atoms with E-state index in [0.717, 1.165) is 20.8 Å². The number of carboxylic acids is 3. The van der Waals surface area contributed by atoms with Gasteiger partial charge in [0.15, 0.2) is 0 Å². The van der Waals surface area contributed by atoms with E-state index in [1.807, 2.05) is 27.7 Å². The molecule has 0 unspecified atom stereocenters. The average Bonchev–Trinajstić information content (AvgIpc) is 2.43. The van der Waals surface area contributed by atoms with Gasteiger partial charge in [-0.15, -0.1) is 0 Å². The number of carbonyl (C=O) groups excluding carboxylic acids is 5. The average molecular weight is 454 g/mol. The van der Waals surface area contributed by atoms with E-state index < -0.39 is 29.7 Å². The molecule has 0 heterocycles. The fraction of sp³-hybridized carbons (Fsp3) is 0.588. The summed E-state index contributed by atoms with van der Waals surface area (Å²) in [5.41, 5.74) is 0. The van der Waals surface area contributed by atoms with E-state index in [2.05, 4.69) is 3.32 Å². The second-order valence-corrected chi connectivity index (χ2v) is 5.71. The molecule has 0 fully saturated rings. The zero-order valence-electron chi connectivity index (χ0n) is 17.4. The van der Waals surface area contributed by atoms with Gasteiger partial charge in [0.25, 0.3) is 0 Å². The van der Waals surface area contributed by atoms with Crippen molar-refractivity contribution in [2.75, 3.05) is 0 Å². The molecule has 11 nitrogen and oxygen atoms in total. The first kappa shape index (κ1) is 34.1. The number of rotatable bonds is 7. The molecule has 0 spiro atoms. The van der Waals surface area contributed by atoms with E-state index in [1.54, 1.807) is 0 Å². The van der Waals surface area contributed by atoms with Crippen LogP contribution in [0.15, 0.2) is 12.0 Å². The normalized spacial score (nSPS) is 8.52. The minimum atomic E-state index is -1.08. The molecule has 12 heteroatoms. The monoisotopic (exact) mass is 454 g/mol. The summed E-state index contributed by atoms with van der Waals surface area (Å²) in [7, 11) is 0. The molecule has 0 aliphatic rings. The number of ether oxygens (including phenoxy) is 2. The Hall–Kier alpha value is -2.40. The zero-order chi connectivity index (χ0) is 24.2. The Morgan fingerprint density at radius 2 is 1.07 bits per heavy atom. The molecule has 0 aliphatic heterocycles. The molecule has 0 radical (unpaired) electrons.